The van der Waals surface area contributed by atoms with Gasteiger partial charge in [0.05, 0.1) is 15.8 Å². The van der Waals surface area contributed by atoms with Gasteiger partial charge in [-0.15, -0.1) is 0 Å². The first-order valence-corrected chi connectivity index (χ1v) is 12.2. The minimum absolute atomic E-state index is 0.249. The Labute approximate surface area is 210 Å². The molecule has 0 spiro atoms. The van der Waals surface area contributed by atoms with E-state index in [0.717, 1.165) is 11.1 Å². The molecule has 0 bridgehead atoms. The maximum Gasteiger partial charge on any atom is 0.271 e. The molecule has 1 aliphatic heterocycles. The van der Waals surface area contributed by atoms with E-state index in [4.69, 9.17) is 16.0 Å². The van der Waals surface area contributed by atoms with Crippen LogP contribution < -0.4 is 20.2 Å². The summed E-state index contributed by atoms with van der Waals surface area (Å²) in [6, 6.07) is 17.7. The zero-order chi connectivity index (χ0) is 24.7. The molecule has 3 heterocycles. The number of nitrogens with one attached hydrogen (secondary N) is 1. The molecule has 1 atom stereocenters. The Balaban J connectivity index is 1.67. The summed E-state index contributed by atoms with van der Waals surface area (Å²) in [7, 11) is 0. The number of para-hydroxylation sites is 1. The van der Waals surface area contributed by atoms with Crippen molar-refractivity contribution in [1.29, 1.82) is 0 Å². The minimum atomic E-state index is -0.745. The number of aryl methyl sites for hydroxylation is 2. The first kappa shape index (κ1) is 23.1. The molecule has 1 unspecified atom stereocenters. The number of thiazole rings is 1. The molecule has 0 saturated heterocycles. The molecule has 2 aromatic carbocycles. The lowest BCUT2D eigenvalue weighted by Gasteiger charge is -2.23. The molecule has 1 amide bonds. The predicted octanol–water partition coefficient (Wildman–Crippen LogP) is 4.74. The van der Waals surface area contributed by atoms with Crippen molar-refractivity contribution in [2.45, 2.75) is 26.8 Å². The summed E-state index contributed by atoms with van der Waals surface area (Å²) in [5.74, 6) is 0.861. The van der Waals surface area contributed by atoms with Crippen LogP contribution in [0, 0.1) is 13.8 Å². The molecule has 1 N–H and O–H groups in total. The Bertz CT molecular complexity index is 1680. The van der Waals surface area contributed by atoms with Crippen molar-refractivity contribution in [3.8, 4) is 0 Å². The van der Waals surface area contributed by atoms with E-state index >= 15 is 0 Å². The van der Waals surface area contributed by atoms with E-state index in [1.807, 2.05) is 56.3 Å². The van der Waals surface area contributed by atoms with E-state index in [9.17, 15) is 9.59 Å². The fraction of sp³-hybridized carbons (Fsp3) is 0.148. The molecule has 0 aliphatic carbocycles. The monoisotopic (exact) mass is 503 g/mol. The van der Waals surface area contributed by atoms with Crippen molar-refractivity contribution in [2.75, 3.05) is 5.32 Å². The number of rotatable bonds is 4. The lowest BCUT2D eigenvalue weighted by atomic mass is 10.00. The Hall–Kier alpha value is -3.68. The predicted molar refractivity (Wildman–Crippen MR) is 138 cm³/mol. The molecule has 2 aromatic heterocycles. The van der Waals surface area contributed by atoms with Crippen LogP contribution >= 0.6 is 22.9 Å². The van der Waals surface area contributed by atoms with E-state index in [2.05, 4.69) is 10.3 Å². The molecule has 35 heavy (non-hydrogen) atoms. The molecular formula is C27H22ClN3O3S. The molecular weight excluding hydrogens is 482 g/mol. The summed E-state index contributed by atoms with van der Waals surface area (Å²) in [5, 5.41) is 3.57. The lowest BCUT2D eigenvalue weighted by Crippen LogP contribution is -2.40. The molecule has 6 nitrogen and oxygen atoms in total. The van der Waals surface area contributed by atoms with Crippen LogP contribution in [0.15, 0.2) is 86.1 Å². The Morgan fingerprint density at radius 2 is 1.91 bits per heavy atom. The summed E-state index contributed by atoms with van der Waals surface area (Å²) < 4.78 is 7.98. The third-order valence-corrected chi connectivity index (χ3v) is 7.05. The average Bonchev–Trinajstić information content (AvgIpc) is 3.37. The smallest absolute Gasteiger partial charge is 0.271 e. The van der Waals surface area contributed by atoms with Gasteiger partial charge in [0.15, 0.2) is 4.80 Å². The number of halogens is 1. The summed E-state index contributed by atoms with van der Waals surface area (Å²) in [6.07, 6.45) is 1.78. The van der Waals surface area contributed by atoms with E-state index in [1.165, 1.54) is 11.3 Å². The normalized spacial score (nSPS) is 15.7. The van der Waals surface area contributed by atoms with Gasteiger partial charge >= 0.3 is 0 Å². The molecule has 5 rings (SSSR count). The summed E-state index contributed by atoms with van der Waals surface area (Å²) in [5.41, 5.74) is 3.09. The highest BCUT2D eigenvalue weighted by Crippen LogP contribution is 2.32. The van der Waals surface area contributed by atoms with Crippen molar-refractivity contribution in [3.63, 3.8) is 0 Å². The second-order valence-electron chi connectivity index (χ2n) is 8.35. The number of fused-ring (bicyclic) bond motifs is 1. The number of hydrogen-bond donors (Lipinski definition) is 1. The SMILES string of the molecule is CC1=C(C(=O)Nc2ccccc2C)C(c2ccc(C)o2)n2c(s/c(=C/c3cccc(Cl)c3)c2=O)=N1. The average molecular weight is 504 g/mol. The number of nitrogens with zero attached hydrogens (tertiary/aromatic N) is 2. The van der Waals surface area contributed by atoms with Gasteiger partial charge in [-0.2, -0.15) is 0 Å². The van der Waals surface area contributed by atoms with Crippen LogP contribution in [0.3, 0.4) is 0 Å². The van der Waals surface area contributed by atoms with E-state index < -0.39 is 6.04 Å². The third kappa shape index (κ3) is 4.40. The number of anilines is 1. The second-order valence-corrected chi connectivity index (χ2v) is 9.80. The Kier molecular flexibility index (Phi) is 6.05. The first-order chi connectivity index (χ1) is 16.8. The van der Waals surface area contributed by atoms with E-state index in [-0.39, 0.29) is 11.5 Å². The third-order valence-electron chi connectivity index (χ3n) is 5.84. The van der Waals surface area contributed by atoms with Gasteiger partial charge in [-0.25, -0.2) is 4.99 Å². The number of benzene rings is 2. The highest BCUT2D eigenvalue weighted by Gasteiger charge is 2.34. The van der Waals surface area contributed by atoms with E-state index in [1.54, 1.807) is 35.8 Å². The number of aromatic nitrogens is 1. The molecule has 4 aromatic rings. The molecule has 8 heteroatoms. The van der Waals surface area contributed by atoms with Gasteiger partial charge in [0, 0.05) is 10.7 Å². The summed E-state index contributed by atoms with van der Waals surface area (Å²) >= 11 is 7.40. The van der Waals surface area contributed by atoms with Crippen molar-refractivity contribution in [1.82, 2.24) is 4.57 Å². The zero-order valence-electron chi connectivity index (χ0n) is 19.3. The van der Waals surface area contributed by atoms with Crippen LogP contribution in [0.4, 0.5) is 5.69 Å². The van der Waals surface area contributed by atoms with Crippen molar-refractivity contribution >= 4 is 40.6 Å². The Morgan fingerprint density at radius 3 is 2.63 bits per heavy atom. The van der Waals surface area contributed by atoms with Gasteiger partial charge in [-0.1, -0.05) is 53.3 Å². The number of furan rings is 1. The van der Waals surface area contributed by atoms with Crippen molar-refractivity contribution < 1.29 is 9.21 Å². The Morgan fingerprint density at radius 1 is 1.11 bits per heavy atom. The summed E-state index contributed by atoms with van der Waals surface area (Å²) in [4.78, 5) is 32.4. The van der Waals surface area contributed by atoms with Crippen molar-refractivity contribution in [3.05, 3.63) is 119 Å². The number of carbonyl (C=O) groups is 1. The molecule has 0 fully saturated rings. The number of allylic oxidation sites excluding steroid dienone is 1. The van der Waals surface area contributed by atoms with Gasteiger partial charge in [0.25, 0.3) is 11.5 Å². The lowest BCUT2D eigenvalue weighted by molar-refractivity contribution is -0.113. The number of amides is 1. The van der Waals surface area contributed by atoms with Crippen molar-refractivity contribution in [2.24, 2.45) is 4.99 Å². The zero-order valence-corrected chi connectivity index (χ0v) is 20.9. The van der Waals surface area contributed by atoms with Gasteiger partial charge in [-0.05, 0) is 68.3 Å². The van der Waals surface area contributed by atoms with Gasteiger partial charge in [0.2, 0.25) is 0 Å². The second kappa shape index (κ2) is 9.17. The van der Waals surface area contributed by atoms with Gasteiger partial charge < -0.3 is 9.73 Å². The van der Waals surface area contributed by atoms with Crippen LogP contribution in [-0.2, 0) is 4.79 Å². The van der Waals surface area contributed by atoms with Gasteiger partial charge in [-0.3, -0.25) is 14.2 Å². The van der Waals surface area contributed by atoms with Crippen LogP contribution in [0.2, 0.25) is 5.02 Å². The molecule has 1 aliphatic rings. The van der Waals surface area contributed by atoms with Crippen LogP contribution in [-0.4, -0.2) is 10.5 Å². The van der Waals surface area contributed by atoms with Gasteiger partial charge in [0.1, 0.15) is 17.6 Å². The van der Waals surface area contributed by atoms with E-state index in [0.29, 0.717) is 42.8 Å². The first-order valence-electron chi connectivity index (χ1n) is 11.0. The highest BCUT2D eigenvalue weighted by molar-refractivity contribution is 7.07. The molecule has 0 saturated carbocycles. The maximum absolute atomic E-state index is 13.6. The fourth-order valence-corrected chi connectivity index (χ4v) is 5.38. The standard InChI is InChI=1S/C27H22ClN3O3S/c1-15-7-4-5-10-20(15)30-25(32)23-17(3)29-27-31(24(23)21-12-11-16(2)34-21)26(33)22(35-27)14-18-8-6-9-19(28)13-18/h4-14,24H,1-3H3,(H,30,32)/b22-14+. The highest BCUT2D eigenvalue weighted by atomic mass is 35.5. The summed E-state index contributed by atoms with van der Waals surface area (Å²) in [6.45, 7) is 5.54. The minimum Gasteiger partial charge on any atom is -0.464 e. The van der Waals surface area contributed by atoms with Crippen LogP contribution in [0.5, 0.6) is 0 Å². The van der Waals surface area contributed by atoms with Crippen LogP contribution in [0.25, 0.3) is 6.08 Å². The van der Waals surface area contributed by atoms with Crippen LogP contribution in [0.1, 0.15) is 35.6 Å². The maximum atomic E-state index is 13.6. The number of hydrogen-bond acceptors (Lipinski definition) is 5. The topological polar surface area (TPSA) is 76.6 Å². The number of carbonyl (C=O) groups excluding carboxylic acids is 1. The molecule has 0 radical (unpaired) electrons. The fourth-order valence-electron chi connectivity index (χ4n) is 4.13. The largest absolute Gasteiger partial charge is 0.464 e. The quantitative estimate of drug-likeness (QED) is 0.437. The molecule has 176 valence electrons.